The molecule has 1 aliphatic heterocycles. The lowest BCUT2D eigenvalue weighted by Crippen LogP contribution is -2.32. The Morgan fingerprint density at radius 1 is 1.33 bits per heavy atom. The standard InChI is InChI=1S/C15H17F3N2O4/c1-23-8-10-6-20(7-12(10)13(19)21)14(22)9-3-2-4-11(5-9)24-15(16,17)18/h2-5,10,12H,6-8H2,1H3,(H2,19,21)/t10-,12+/m0/s1. The Labute approximate surface area is 136 Å². The molecule has 0 radical (unpaired) electrons. The smallest absolute Gasteiger partial charge is 0.406 e. The van der Waals surface area contributed by atoms with Gasteiger partial charge in [-0.15, -0.1) is 13.2 Å². The predicted molar refractivity (Wildman–Crippen MR) is 77.1 cm³/mol. The number of benzene rings is 1. The molecule has 1 heterocycles. The van der Waals surface area contributed by atoms with Gasteiger partial charge in [0.2, 0.25) is 5.91 Å². The summed E-state index contributed by atoms with van der Waals surface area (Å²) in [4.78, 5) is 25.3. The largest absolute Gasteiger partial charge is 0.573 e. The molecule has 0 bridgehead atoms. The maximum atomic E-state index is 12.5. The molecule has 6 nitrogen and oxygen atoms in total. The molecule has 0 saturated carbocycles. The number of rotatable bonds is 5. The number of hydrogen-bond donors (Lipinski definition) is 1. The molecule has 2 rings (SSSR count). The average Bonchev–Trinajstić information content (AvgIpc) is 2.89. The van der Waals surface area contributed by atoms with Gasteiger partial charge in [-0.1, -0.05) is 6.07 Å². The van der Waals surface area contributed by atoms with E-state index in [4.69, 9.17) is 10.5 Å². The summed E-state index contributed by atoms with van der Waals surface area (Å²) in [5, 5.41) is 0. The summed E-state index contributed by atoms with van der Waals surface area (Å²) in [5.74, 6) is -2.31. The number of halogens is 3. The molecule has 1 aromatic carbocycles. The highest BCUT2D eigenvalue weighted by atomic mass is 19.4. The number of hydrogen-bond acceptors (Lipinski definition) is 4. The van der Waals surface area contributed by atoms with Gasteiger partial charge < -0.3 is 20.1 Å². The fourth-order valence-corrected chi connectivity index (χ4v) is 2.75. The van der Waals surface area contributed by atoms with Crippen molar-refractivity contribution in [2.75, 3.05) is 26.8 Å². The Kier molecular flexibility index (Phi) is 5.33. The molecule has 132 valence electrons. The van der Waals surface area contributed by atoms with Crippen LogP contribution in [0.15, 0.2) is 24.3 Å². The van der Waals surface area contributed by atoms with Crippen molar-refractivity contribution in [1.29, 1.82) is 0 Å². The fraction of sp³-hybridized carbons (Fsp3) is 0.467. The summed E-state index contributed by atoms with van der Waals surface area (Å²) < 4.78 is 45.6. The number of nitrogens with two attached hydrogens (primary N) is 1. The molecule has 1 aliphatic rings. The van der Waals surface area contributed by atoms with Crippen molar-refractivity contribution in [2.24, 2.45) is 17.6 Å². The zero-order valence-corrected chi connectivity index (χ0v) is 12.9. The van der Waals surface area contributed by atoms with Crippen LogP contribution in [0.25, 0.3) is 0 Å². The maximum absolute atomic E-state index is 12.5. The fourth-order valence-electron chi connectivity index (χ4n) is 2.75. The first kappa shape index (κ1) is 18.1. The van der Waals surface area contributed by atoms with E-state index in [1.165, 1.54) is 24.1 Å². The number of carbonyl (C=O) groups excluding carboxylic acids is 2. The van der Waals surface area contributed by atoms with Crippen LogP contribution in [0.5, 0.6) is 5.75 Å². The van der Waals surface area contributed by atoms with Crippen LogP contribution in [-0.4, -0.2) is 49.9 Å². The number of ether oxygens (including phenoxy) is 2. The highest BCUT2D eigenvalue weighted by molar-refractivity contribution is 5.95. The summed E-state index contributed by atoms with van der Waals surface area (Å²) >= 11 is 0. The van der Waals surface area contributed by atoms with Crippen molar-refractivity contribution < 1.29 is 32.2 Å². The van der Waals surface area contributed by atoms with E-state index in [9.17, 15) is 22.8 Å². The topological polar surface area (TPSA) is 81.9 Å². The van der Waals surface area contributed by atoms with E-state index in [1.807, 2.05) is 0 Å². The second-order valence-electron chi connectivity index (χ2n) is 5.51. The Morgan fingerprint density at radius 3 is 2.62 bits per heavy atom. The molecular formula is C15H17F3N2O4. The van der Waals surface area contributed by atoms with E-state index in [-0.39, 0.29) is 31.2 Å². The summed E-state index contributed by atoms with van der Waals surface area (Å²) in [6, 6.07) is 4.80. The molecule has 1 fully saturated rings. The Hall–Kier alpha value is -2.29. The minimum Gasteiger partial charge on any atom is -0.406 e. The zero-order chi connectivity index (χ0) is 17.9. The molecule has 2 amide bonds. The van der Waals surface area contributed by atoms with Crippen molar-refractivity contribution in [3.63, 3.8) is 0 Å². The van der Waals surface area contributed by atoms with Gasteiger partial charge in [0.05, 0.1) is 12.5 Å². The van der Waals surface area contributed by atoms with Crippen molar-refractivity contribution >= 4 is 11.8 Å². The lowest BCUT2D eigenvalue weighted by Gasteiger charge is -2.17. The number of amides is 2. The van der Waals surface area contributed by atoms with E-state index in [1.54, 1.807) is 0 Å². The summed E-state index contributed by atoms with van der Waals surface area (Å²) in [7, 11) is 1.47. The number of nitrogens with zero attached hydrogens (tertiary/aromatic N) is 1. The molecule has 9 heteroatoms. The van der Waals surface area contributed by atoms with Crippen LogP contribution in [0.4, 0.5) is 13.2 Å². The number of primary amides is 1. The molecular weight excluding hydrogens is 329 g/mol. The lowest BCUT2D eigenvalue weighted by atomic mass is 9.96. The third-order valence-electron chi connectivity index (χ3n) is 3.79. The monoisotopic (exact) mass is 346 g/mol. The number of carbonyl (C=O) groups is 2. The SMILES string of the molecule is COC[C@@H]1CN(C(=O)c2cccc(OC(F)(F)F)c2)C[C@H]1C(N)=O. The van der Waals surface area contributed by atoms with Gasteiger partial charge in [0, 0.05) is 31.7 Å². The van der Waals surface area contributed by atoms with E-state index >= 15 is 0 Å². The normalized spacial score (nSPS) is 20.9. The molecule has 2 atom stereocenters. The molecule has 0 unspecified atom stereocenters. The van der Waals surface area contributed by atoms with Gasteiger partial charge in [-0.3, -0.25) is 9.59 Å². The third-order valence-corrected chi connectivity index (χ3v) is 3.79. The first-order valence-electron chi connectivity index (χ1n) is 7.14. The van der Waals surface area contributed by atoms with Gasteiger partial charge in [-0.2, -0.15) is 0 Å². The minimum absolute atomic E-state index is 0.0398. The summed E-state index contributed by atoms with van der Waals surface area (Å²) in [6.07, 6.45) is -4.84. The molecule has 0 aromatic heterocycles. The average molecular weight is 346 g/mol. The molecule has 0 aliphatic carbocycles. The van der Waals surface area contributed by atoms with Crippen molar-refractivity contribution in [1.82, 2.24) is 4.90 Å². The first-order chi connectivity index (χ1) is 11.2. The second kappa shape index (κ2) is 7.08. The highest BCUT2D eigenvalue weighted by Gasteiger charge is 2.39. The zero-order valence-electron chi connectivity index (χ0n) is 12.9. The van der Waals surface area contributed by atoms with Crippen molar-refractivity contribution in [3.05, 3.63) is 29.8 Å². The van der Waals surface area contributed by atoms with Gasteiger partial charge in [-0.25, -0.2) is 0 Å². The van der Waals surface area contributed by atoms with Crippen LogP contribution in [0.3, 0.4) is 0 Å². The Morgan fingerprint density at radius 2 is 2.04 bits per heavy atom. The second-order valence-corrected chi connectivity index (χ2v) is 5.51. The van der Waals surface area contributed by atoms with Crippen LogP contribution in [0.2, 0.25) is 0 Å². The number of likely N-dealkylation sites (tertiary alicyclic amines) is 1. The summed E-state index contributed by atoms with van der Waals surface area (Å²) in [5.41, 5.74) is 5.38. The molecule has 1 aromatic rings. The van der Waals surface area contributed by atoms with Crippen LogP contribution in [0, 0.1) is 11.8 Å². The van der Waals surface area contributed by atoms with E-state index in [2.05, 4.69) is 4.74 Å². The third kappa shape index (κ3) is 4.38. The first-order valence-corrected chi connectivity index (χ1v) is 7.14. The van der Waals surface area contributed by atoms with Crippen molar-refractivity contribution in [3.8, 4) is 5.75 Å². The quantitative estimate of drug-likeness (QED) is 0.874. The molecule has 2 N–H and O–H groups in total. The Bertz CT molecular complexity index is 621. The van der Waals surface area contributed by atoms with Crippen LogP contribution in [0.1, 0.15) is 10.4 Å². The Balaban J connectivity index is 2.14. The highest BCUT2D eigenvalue weighted by Crippen LogP contribution is 2.27. The van der Waals surface area contributed by atoms with Gasteiger partial charge in [0.25, 0.3) is 5.91 Å². The minimum atomic E-state index is -4.84. The van der Waals surface area contributed by atoms with Crippen LogP contribution in [-0.2, 0) is 9.53 Å². The maximum Gasteiger partial charge on any atom is 0.573 e. The van der Waals surface area contributed by atoms with Gasteiger partial charge in [0.1, 0.15) is 5.75 Å². The number of methoxy groups -OCH3 is 1. The van der Waals surface area contributed by atoms with E-state index in [0.29, 0.717) is 0 Å². The van der Waals surface area contributed by atoms with Gasteiger partial charge in [-0.05, 0) is 18.2 Å². The van der Waals surface area contributed by atoms with Crippen LogP contribution >= 0.6 is 0 Å². The molecule has 24 heavy (non-hydrogen) atoms. The van der Waals surface area contributed by atoms with E-state index in [0.717, 1.165) is 12.1 Å². The van der Waals surface area contributed by atoms with Crippen LogP contribution < -0.4 is 10.5 Å². The lowest BCUT2D eigenvalue weighted by molar-refractivity contribution is -0.274. The molecule has 0 spiro atoms. The summed E-state index contributed by atoms with van der Waals surface area (Å²) in [6.45, 7) is 0.603. The molecule has 1 saturated heterocycles. The predicted octanol–water partition coefficient (Wildman–Crippen LogP) is 1.41. The van der Waals surface area contributed by atoms with Gasteiger partial charge in [0.15, 0.2) is 0 Å². The van der Waals surface area contributed by atoms with Crippen molar-refractivity contribution in [2.45, 2.75) is 6.36 Å². The van der Waals surface area contributed by atoms with Gasteiger partial charge >= 0.3 is 6.36 Å². The number of alkyl halides is 3. The van der Waals surface area contributed by atoms with E-state index < -0.39 is 29.8 Å².